The lowest BCUT2D eigenvalue weighted by molar-refractivity contribution is 0.0526. The molecule has 1 saturated carbocycles. The third kappa shape index (κ3) is 4.15. The van der Waals surface area contributed by atoms with Crippen LogP contribution in [0.25, 0.3) is 21.9 Å². The van der Waals surface area contributed by atoms with E-state index in [2.05, 4.69) is 21.9 Å². The minimum atomic E-state index is -0.547. The number of imidazole rings is 1. The topological polar surface area (TPSA) is 67.9 Å². The number of aromatic nitrogens is 3. The summed E-state index contributed by atoms with van der Waals surface area (Å²) in [5, 5.41) is 0.893. The first-order valence-corrected chi connectivity index (χ1v) is 11.8. The maximum absolute atomic E-state index is 14.6. The number of hydrogen-bond acceptors (Lipinski definition) is 4. The smallest absolute Gasteiger partial charge is 0.338 e. The lowest BCUT2D eigenvalue weighted by atomic mass is 9.73. The Bertz CT molecular complexity index is 1360. The Morgan fingerprint density at radius 1 is 1.15 bits per heavy atom. The van der Waals surface area contributed by atoms with Gasteiger partial charge in [0.05, 0.1) is 23.2 Å². The van der Waals surface area contributed by atoms with Crippen LogP contribution < -0.4 is 0 Å². The van der Waals surface area contributed by atoms with E-state index < -0.39 is 11.8 Å². The maximum Gasteiger partial charge on any atom is 0.338 e. The molecule has 0 aliphatic heterocycles. The molecule has 1 aliphatic rings. The number of halogens is 2. The van der Waals surface area contributed by atoms with Crippen molar-refractivity contribution in [1.29, 1.82) is 0 Å². The normalized spacial score (nSPS) is 19.4. The minimum Gasteiger partial charge on any atom is -0.462 e. The highest BCUT2D eigenvalue weighted by Gasteiger charge is 2.29. The Morgan fingerprint density at radius 2 is 1.94 bits per heavy atom. The largest absolute Gasteiger partial charge is 0.462 e. The van der Waals surface area contributed by atoms with Gasteiger partial charge in [0.1, 0.15) is 17.2 Å². The van der Waals surface area contributed by atoms with Crippen LogP contribution in [0.5, 0.6) is 0 Å². The standard InChI is InChI=1S/C27H27F2N3O2/c1-3-34-27(33)18-12-22(29)25-24(13-18)31-26(32-25)15(2)16-4-6-17(7-5-16)20-10-11-30-23-9-8-19(28)14-21(20)23/h8-17H,3-7H2,1-2H3,(H,31,32)/t15-,16-,17+/m1/s1. The van der Waals surface area contributed by atoms with Crippen LogP contribution in [0, 0.1) is 17.6 Å². The van der Waals surface area contributed by atoms with Crippen molar-refractivity contribution in [3.8, 4) is 0 Å². The molecular formula is C27H27F2N3O2. The second-order valence-electron chi connectivity index (χ2n) is 9.16. The number of rotatable bonds is 5. The molecule has 7 heteroatoms. The molecule has 1 aliphatic carbocycles. The van der Waals surface area contributed by atoms with Crippen LogP contribution in [-0.2, 0) is 4.74 Å². The molecule has 176 valence electrons. The van der Waals surface area contributed by atoms with Crippen molar-refractivity contribution in [3.63, 3.8) is 0 Å². The summed E-state index contributed by atoms with van der Waals surface area (Å²) < 4.78 is 33.5. The van der Waals surface area contributed by atoms with Crippen molar-refractivity contribution in [2.75, 3.05) is 6.61 Å². The quantitative estimate of drug-likeness (QED) is 0.337. The molecule has 0 amide bonds. The van der Waals surface area contributed by atoms with Gasteiger partial charge in [0.2, 0.25) is 0 Å². The molecule has 1 atom stereocenters. The lowest BCUT2D eigenvalue weighted by Crippen LogP contribution is -2.19. The molecular weight excluding hydrogens is 436 g/mol. The van der Waals surface area contributed by atoms with Crippen LogP contribution in [0.3, 0.4) is 0 Å². The van der Waals surface area contributed by atoms with E-state index in [0.29, 0.717) is 17.4 Å². The van der Waals surface area contributed by atoms with E-state index in [-0.39, 0.29) is 29.4 Å². The highest BCUT2D eigenvalue weighted by molar-refractivity contribution is 5.93. The van der Waals surface area contributed by atoms with Crippen molar-refractivity contribution < 1.29 is 18.3 Å². The van der Waals surface area contributed by atoms with Gasteiger partial charge in [-0.3, -0.25) is 4.98 Å². The van der Waals surface area contributed by atoms with Gasteiger partial charge in [-0.05, 0) is 86.4 Å². The van der Waals surface area contributed by atoms with Crippen molar-refractivity contribution in [3.05, 3.63) is 71.2 Å². The van der Waals surface area contributed by atoms with E-state index in [1.807, 2.05) is 6.07 Å². The molecule has 0 bridgehead atoms. The molecule has 4 aromatic rings. The van der Waals surface area contributed by atoms with Gasteiger partial charge in [-0.15, -0.1) is 0 Å². The molecule has 0 spiro atoms. The third-order valence-corrected chi connectivity index (χ3v) is 7.16. The summed E-state index contributed by atoms with van der Waals surface area (Å²) in [4.78, 5) is 24.2. The predicted molar refractivity (Wildman–Crippen MR) is 127 cm³/mol. The van der Waals surface area contributed by atoms with Gasteiger partial charge in [0.15, 0.2) is 5.82 Å². The van der Waals surface area contributed by atoms with Gasteiger partial charge in [-0.25, -0.2) is 18.6 Å². The lowest BCUT2D eigenvalue weighted by Gasteiger charge is -2.32. The highest BCUT2D eigenvalue weighted by atomic mass is 19.1. The average Bonchev–Trinajstić information content (AvgIpc) is 3.28. The Labute approximate surface area is 196 Å². The summed E-state index contributed by atoms with van der Waals surface area (Å²) in [6.07, 6.45) is 5.79. The zero-order valence-electron chi connectivity index (χ0n) is 19.3. The maximum atomic E-state index is 14.6. The van der Waals surface area contributed by atoms with E-state index in [0.717, 1.165) is 48.0 Å². The molecule has 5 rings (SSSR count). The van der Waals surface area contributed by atoms with Crippen molar-refractivity contribution in [1.82, 2.24) is 15.0 Å². The zero-order valence-corrected chi connectivity index (χ0v) is 19.3. The second-order valence-corrected chi connectivity index (χ2v) is 9.16. The number of pyridine rings is 1. The number of benzene rings is 2. The first kappa shape index (κ1) is 22.4. The van der Waals surface area contributed by atoms with E-state index in [9.17, 15) is 13.6 Å². The highest BCUT2D eigenvalue weighted by Crippen LogP contribution is 2.43. The van der Waals surface area contributed by atoms with Gasteiger partial charge >= 0.3 is 5.97 Å². The van der Waals surface area contributed by atoms with Crippen molar-refractivity contribution in [2.45, 2.75) is 51.4 Å². The third-order valence-electron chi connectivity index (χ3n) is 7.16. The summed E-state index contributed by atoms with van der Waals surface area (Å²) >= 11 is 0. The summed E-state index contributed by atoms with van der Waals surface area (Å²) in [6, 6.07) is 9.56. The monoisotopic (exact) mass is 463 g/mol. The molecule has 0 radical (unpaired) electrons. The van der Waals surface area contributed by atoms with Crippen molar-refractivity contribution in [2.24, 2.45) is 5.92 Å². The zero-order chi connectivity index (χ0) is 23.8. The number of H-pyrrole nitrogens is 1. The van der Waals surface area contributed by atoms with E-state index >= 15 is 0 Å². The minimum absolute atomic E-state index is 0.116. The van der Waals surface area contributed by atoms with Crippen LogP contribution in [-0.4, -0.2) is 27.5 Å². The van der Waals surface area contributed by atoms with E-state index in [1.54, 1.807) is 31.3 Å². The van der Waals surface area contributed by atoms with Gasteiger partial charge in [-0.1, -0.05) is 6.92 Å². The molecule has 1 fully saturated rings. The number of carbonyl (C=O) groups excluding carboxylic acids is 1. The first-order chi connectivity index (χ1) is 16.4. The molecule has 2 heterocycles. The van der Waals surface area contributed by atoms with Gasteiger partial charge < -0.3 is 9.72 Å². The molecule has 34 heavy (non-hydrogen) atoms. The Kier molecular flexibility index (Phi) is 6.02. The van der Waals surface area contributed by atoms with Gasteiger partial charge in [-0.2, -0.15) is 0 Å². The Morgan fingerprint density at radius 3 is 2.71 bits per heavy atom. The Hall–Kier alpha value is -3.35. The van der Waals surface area contributed by atoms with E-state index in [4.69, 9.17) is 4.74 Å². The number of ether oxygens (including phenoxy) is 1. The summed E-state index contributed by atoms with van der Waals surface area (Å²) in [5.74, 6) is 0.280. The fraction of sp³-hybridized carbons (Fsp3) is 0.370. The summed E-state index contributed by atoms with van der Waals surface area (Å²) in [6.45, 7) is 4.06. The number of carbonyl (C=O) groups is 1. The molecule has 0 saturated heterocycles. The molecule has 5 nitrogen and oxygen atoms in total. The van der Waals surface area contributed by atoms with Crippen LogP contribution in [0.15, 0.2) is 42.6 Å². The summed E-state index contributed by atoms with van der Waals surface area (Å²) in [7, 11) is 0. The number of nitrogens with one attached hydrogen (secondary N) is 1. The van der Waals surface area contributed by atoms with Crippen LogP contribution in [0.2, 0.25) is 0 Å². The van der Waals surface area contributed by atoms with Crippen LogP contribution in [0.4, 0.5) is 8.78 Å². The fourth-order valence-corrected chi connectivity index (χ4v) is 5.29. The number of fused-ring (bicyclic) bond motifs is 2. The Balaban J connectivity index is 1.33. The number of hydrogen-bond donors (Lipinski definition) is 1. The second kappa shape index (κ2) is 9.12. The summed E-state index contributed by atoms with van der Waals surface area (Å²) in [5.41, 5.74) is 2.91. The van der Waals surface area contributed by atoms with Crippen LogP contribution in [0.1, 0.15) is 73.1 Å². The number of esters is 1. The fourth-order valence-electron chi connectivity index (χ4n) is 5.29. The van der Waals surface area contributed by atoms with Crippen molar-refractivity contribution >= 4 is 27.9 Å². The predicted octanol–water partition coefficient (Wildman–Crippen LogP) is 6.64. The first-order valence-electron chi connectivity index (χ1n) is 11.8. The SMILES string of the molecule is CCOC(=O)c1cc(F)c2nc([C@H](C)[C@H]3CC[C@@H](c4ccnc5ccc(F)cc54)CC3)[nH]c2c1. The molecule has 0 unspecified atom stereocenters. The molecule has 2 aromatic heterocycles. The number of nitrogens with zero attached hydrogens (tertiary/aromatic N) is 2. The molecule has 2 aromatic carbocycles. The van der Waals surface area contributed by atoms with Gasteiger partial charge in [0, 0.05) is 17.5 Å². The van der Waals surface area contributed by atoms with Gasteiger partial charge in [0.25, 0.3) is 0 Å². The number of aromatic amines is 1. The molecule has 1 N–H and O–H groups in total. The average molecular weight is 464 g/mol. The van der Waals surface area contributed by atoms with E-state index in [1.165, 1.54) is 12.1 Å². The van der Waals surface area contributed by atoms with Crippen LogP contribution >= 0.6 is 0 Å².